The molecule has 0 aliphatic carbocycles. The number of hydrazone groups is 1. The van der Waals surface area contributed by atoms with Gasteiger partial charge in [-0.15, -0.1) is 0 Å². The summed E-state index contributed by atoms with van der Waals surface area (Å²) < 4.78 is 5.63. The van der Waals surface area contributed by atoms with Crippen LogP contribution in [0.15, 0.2) is 70.3 Å². The molecule has 0 aliphatic heterocycles. The Hall–Kier alpha value is -3.48. The van der Waals surface area contributed by atoms with E-state index in [1.807, 2.05) is 12.1 Å². The number of rotatable bonds is 5. The Bertz CT molecular complexity index is 826. The highest BCUT2D eigenvalue weighted by molar-refractivity contribution is 5.78. The van der Waals surface area contributed by atoms with Crippen LogP contribution in [0.25, 0.3) is 11.3 Å². The van der Waals surface area contributed by atoms with Gasteiger partial charge in [0.1, 0.15) is 17.3 Å². The fraction of sp³-hybridized carbons (Fsp3) is 0. The van der Waals surface area contributed by atoms with Crippen molar-refractivity contribution in [1.29, 1.82) is 0 Å². The third kappa shape index (κ3) is 3.59. The number of nitrogens with one attached hydrogen (secondary N) is 1. The lowest BCUT2D eigenvalue weighted by Crippen LogP contribution is -1.91. The number of benzene rings is 1. The van der Waals surface area contributed by atoms with Gasteiger partial charge < -0.3 is 4.42 Å². The lowest BCUT2D eigenvalue weighted by atomic mass is 10.1. The first-order chi connectivity index (χ1) is 11.2. The van der Waals surface area contributed by atoms with Crippen LogP contribution < -0.4 is 5.43 Å². The van der Waals surface area contributed by atoms with Crippen molar-refractivity contribution < 1.29 is 9.34 Å². The number of nitro benzene ring substituents is 1. The molecule has 0 bridgehead atoms. The van der Waals surface area contributed by atoms with Crippen LogP contribution in [0.5, 0.6) is 0 Å². The van der Waals surface area contributed by atoms with E-state index in [0.717, 1.165) is 5.56 Å². The van der Waals surface area contributed by atoms with E-state index in [-0.39, 0.29) is 5.69 Å². The molecule has 0 saturated carbocycles. The first-order valence-electron chi connectivity index (χ1n) is 6.77. The molecule has 7 heteroatoms. The summed E-state index contributed by atoms with van der Waals surface area (Å²) in [6, 6.07) is 15.2. The lowest BCUT2D eigenvalue weighted by molar-refractivity contribution is -0.384. The fourth-order valence-corrected chi connectivity index (χ4v) is 1.92. The van der Waals surface area contributed by atoms with E-state index in [9.17, 15) is 10.1 Å². The van der Waals surface area contributed by atoms with Crippen LogP contribution in [-0.4, -0.2) is 16.1 Å². The van der Waals surface area contributed by atoms with E-state index < -0.39 is 4.92 Å². The van der Waals surface area contributed by atoms with Crippen molar-refractivity contribution in [3.05, 3.63) is 76.7 Å². The van der Waals surface area contributed by atoms with Crippen LogP contribution in [0.3, 0.4) is 0 Å². The number of furan rings is 1. The summed E-state index contributed by atoms with van der Waals surface area (Å²) in [7, 11) is 0. The molecular formula is C16H12N4O3. The summed E-state index contributed by atoms with van der Waals surface area (Å²) in [6.45, 7) is 0. The summed E-state index contributed by atoms with van der Waals surface area (Å²) in [5, 5.41) is 14.7. The molecule has 0 unspecified atom stereocenters. The summed E-state index contributed by atoms with van der Waals surface area (Å²) in [4.78, 5) is 14.3. The van der Waals surface area contributed by atoms with E-state index in [1.54, 1.807) is 36.5 Å². The molecular weight excluding hydrogens is 296 g/mol. The molecule has 2 heterocycles. The Kier molecular flexibility index (Phi) is 4.10. The Morgan fingerprint density at radius 2 is 1.96 bits per heavy atom. The molecule has 114 valence electrons. The number of hydrogen-bond acceptors (Lipinski definition) is 6. The highest BCUT2D eigenvalue weighted by Crippen LogP contribution is 2.24. The Morgan fingerprint density at radius 3 is 2.65 bits per heavy atom. The van der Waals surface area contributed by atoms with E-state index in [1.165, 1.54) is 18.3 Å². The zero-order chi connectivity index (χ0) is 16.1. The summed E-state index contributed by atoms with van der Waals surface area (Å²) in [5.41, 5.74) is 3.59. The van der Waals surface area contributed by atoms with Crippen LogP contribution in [0.2, 0.25) is 0 Å². The Morgan fingerprint density at radius 1 is 1.13 bits per heavy atom. The first-order valence-corrected chi connectivity index (χ1v) is 6.77. The molecule has 7 nitrogen and oxygen atoms in total. The first kappa shape index (κ1) is 14.5. The molecule has 1 N–H and O–H groups in total. The second-order valence-corrected chi connectivity index (χ2v) is 4.59. The second kappa shape index (κ2) is 6.52. The van der Waals surface area contributed by atoms with Crippen molar-refractivity contribution in [2.24, 2.45) is 5.10 Å². The number of hydrogen-bond donors (Lipinski definition) is 1. The quantitative estimate of drug-likeness (QED) is 0.440. The van der Waals surface area contributed by atoms with Crippen molar-refractivity contribution in [2.75, 3.05) is 5.43 Å². The third-order valence-corrected chi connectivity index (χ3v) is 3.03. The van der Waals surface area contributed by atoms with Gasteiger partial charge >= 0.3 is 0 Å². The molecule has 0 aliphatic rings. The van der Waals surface area contributed by atoms with Gasteiger partial charge in [0.15, 0.2) is 0 Å². The molecule has 2 aromatic heterocycles. The average molecular weight is 308 g/mol. The highest BCUT2D eigenvalue weighted by atomic mass is 16.6. The van der Waals surface area contributed by atoms with Crippen LogP contribution >= 0.6 is 0 Å². The highest BCUT2D eigenvalue weighted by Gasteiger charge is 2.07. The van der Waals surface area contributed by atoms with Gasteiger partial charge in [0.2, 0.25) is 0 Å². The van der Waals surface area contributed by atoms with Gasteiger partial charge in [-0.2, -0.15) is 5.10 Å². The van der Waals surface area contributed by atoms with Gasteiger partial charge in [-0.05, 0) is 36.4 Å². The van der Waals surface area contributed by atoms with Crippen molar-refractivity contribution in [2.45, 2.75) is 0 Å². The lowest BCUT2D eigenvalue weighted by Gasteiger charge is -1.97. The maximum Gasteiger partial charge on any atom is 0.269 e. The molecule has 3 aromatic rings. The summed E-state index contributed by atoms with van der Waals surface area (Å²) in [6.07, 6.45) is 3.20. The largest absolute Gasteiger partial charge is 0.455 e. The van der Waals surface area contributed by atoms with Crippen molar-refractivity contribution in [3.8, 4) is 11.3 Å². The molecule has 23 heavy (non-hydrogen) atoms. The molecule has 0 atom stereocenters. The van der Waals surface area contributed by atoms with Crippen molar-refractivity contribution in [3.63, 3.8) is 0 Å². The average Bonchev–Trinajstić information content (AvgIpc) is 3.05. The molecule has 0 radical (unpaired) electrons. The van der Waals surface area contributed by atoms with Crippen molar-refractivity contribution >= 4 is 17.7 Å². The topological polar surface area (TPSA) is 93.6 Å². The summed E-state index contributed by atoms with van der Waals surface area (Å²) in [5.74, 6) is 1.80. The number of pyridine rings is 1. The molecule has 1 aromatic carbocycles. The van der Waals surface area contributed by atoms with Gasteiger partial charge in [-0.1, -0.05) is 6.07 Å². The predicted octanol–water partition coefficient (Wildman–Crippen LogP) is 3.70. The minimum Gasteiger partial charge on any atom is -0.455 e. The van der Waals surface area contributed by atoms with Gasteiger partial charge in [0.05, 0.1) is 11.1 Å². The number of nitro groups is 1. The normalized spacial score (nSPS) is 10.8. The van der Waals surface area contributed by atoms with Gasteiger partial charge in [-0.3, -0.25) is 15.5 Å². The zero-order valence-corrected chi connectivity index (χ0v) is 11.9. The summed E-state index contributed by atoms with van der Waals surface area (Å²) >= 11 is 0. The number of non-ortho nitro benzene ring substituents is 1. The SMILES string of the molecule is O=[N+]([O-])c1ccc(-c2ccc(/C=N/Nc3ccccn3)o2)cc1. The van der Waals surface area contributed by atoms with E-state index in [0.29, 0.717) is 17.3 Å². The maximum absolute atomic E-state index is 10.6. The molecule has 3 rings (SSSR count). The van der Waals surface area contributed by atoms with Crippen LogP contribution in [0.1, 0.15) is 5.76 Å². The Labute approximate surface area is 131 Å². The minimum absolute atomic E-state index is 0.0432. The number of aromatic nitrogens is 1. The van der Waals surface area contributed by atoms with Gasteiger partial charge in [0, 0.05) is 23.9 Å². The van der Waals surface area contributed by atoms with E-state index in [4.69, 9.17) is 4.42 Å². The molecule has 0 saturated heterocycles. The van der Waals surface area contributed by atoms with Crippen LogP contribution in [-0.2, 0) is 0 Å². The second-order valence-electron chi connectivity index (χ2n) is 4.59. The number of anilines is 1. The predicted molar refractivity (Wildman–Crippen MR) is 86.3 cm³/mol. The van der Waals surface area contributed by atoms with E-state index in [2.05, 4.69) is 15.5 Å². The molecule has 0 fully saturated rings. The van der Waals surface area contributed by atoms with E-state index >= 15 is 0 Å². The van der Waals surface area contributed by atoms with Crippen LogP contribution in [0.4, 0.5) is 11.5 Å². The zero-order valence-electron chi connectivity index (χ0n) is 11.9. The Balaban J connectivity index is 1.69. The third-order valence-electron chi connectivity index (χ3n) is 3.03. The minimum atomic E-state index is -0.437. The van der Waals surface area contributed by atoms with Crippen LogP contribution in [0, 0.1) is 10.1 Å². The van der Waals surface area contributed by atoms with Gasteiger partial charge in [-0.25, -0.2) is 4.98 Å². The smallest absolute Gasteiger partial charge is 0.269 e. The number of nitrogens with zero attached hydrogens (tertiary/aromatic N) is 3. The molecule has 0 amide bonds. The standard InChI is InChI=1S/C16H12N4O3/c21-20(22)13-6-4-12(5-7-13)15-9-8-14(23-15)11-18-19-16-3-1-2-10-17-16/h1-11H,(H,17,19)/b18-11+. The molecule has 0 spiro atoms. The monoisotopic (exact) mass is 308 g/mol. The van der Waals surface area contributed by atoms with Crippen molar-refractivity contribution in [1.82, 2.24) is 4.98 Å². The maximum atomic E-state index is 10.6. The fourth-order valence-electron chi connectivity index (χ4n) is 1.92. The van der Waals surface area contributed by atoms with Gasteiger partial charge in [0.25, 0.3) is 5.69 Å².